The second-order valence-corrected chi connectivity index (χ2v) is 11.5. The smallest absolute Gasteiger partial charge is 0.346 e. The van der Waals surface area contributed by atoms with Crippen molar-refractivity contribution >= 4 is 23.1 Å². The zero-order chi connectivity index (χ0) is 33.1. The Morgan fingerprint density at radius 3 is 2.39 bits per heavy atom. The predicted molar refractivity (Wildman–Crippen MR) is 182 cm³/mol. The molecule has 46 heavy (non-hydrogen) atoms. The number of rotatable bonds is 10. The number of nitrogens with zero attached hydrogens (tertiary/aromatic N) is 4. The molecule has 5 rings (SSSR count). The summed E-state index contributed by atoms with van der Waals surface area (Å²) in [5.41, 5.74) is 6.87. The minimum Gasteiger partial charge on any atom is -0.494 e. The van der Waals surface area contributed by atoms with Crippen LogP contribution < -0.4 is 15.0 Å². The molecule has 1 atom stereocenters. The Morgan fingerprint density at radius 1 is 1.00 bits per heavy atom. The predicted octanol–water partition coefficient (Wildman–Crippen LogP) is 7.12. The zero-order valence-corrected chi connectivity index (χ0v) is 27.6. The van der Waals surface area contributed by atoms with Gasteiger partial charge in [0.05, 0.1) is 30.8 Å². The Hall–Kier alpha value is -5.18. The molecule has 0 N–H and O–H groups in total. The summed E-state index contributed by atoms with van der Waals surface area (Å²) >= 11 is 0. The molecule has 0 unspecified atom stereocenters. The van der Waals surface area contributed by atoms with Gasteiger partial charge in [-0.25, -0.2) is 9.78 Å². The summed E-state index contributed by atoms with van der Waals surface area (Å²) in [4.78, 5) is 30.6. The van der Waals surface area contributed by atoms with Crippen molar-refractivity contribution in [1.29, 1.82) is 0 Å². The number of benzene rings is 3. The van der Waals surface area contributed by atoms with Crippen LogP contribution in [-0.4, -0.2) is 46.2 Å². The Bertz CT molecular complexity index is 1990. The fraction of sp³-hybridized carbons (Fsp3) is 0.297. The van der Waals surface area contributed by atoms with Crippen LogP contribution in [0.2, 0.25) is 0 Å². The van der Waals surface area contributed by atoms with E-state index in [0.717, 1.165) is 45.1 Å². The molecule has 0 amide bonds. The van der Waals surface area contributed by atoms with Gasteiger partial charge in [0.15, 0.2) is 11.9 Å². The van der Waals surface area contributed by atoms with Crippen LogP contribution in [0.1, 0.15) is 61.7 Å². The highest BCUT2D eigenvalue weighted by atomic mass is 16.6. The largest absolute Gasteiger partial charge is 0.494 e. The van der Waals surface area contributed by atoms with Crippen LogP contribution in [0.25, 0.3) is 28.0 Å². The van der Waals surface area contributed by atoms with Crippen LogP contribution in [0.15, 0.2) is 76.6 Å². The maximum Gasteiger partial charge on any atom is 0.346 e. The first kappa shape index (κ1) is 32.2. The first-order chi connectivity index (χ1) is 22.0. The summed E-state index contributed by atoms with van der Waals surface area (Å²) in [6, 6.07) is 20.9. The molecule has 0 fully saturated rings. The summed E-state index contributed by atoms with van der Waals surface area (Å²) in [5.74, 6) is 1.63. The summed E-state index contributed by atoms with van der Waals surface area (Å²) in [6.45, 7) is 14.4. The van der Waals surface area contributed by atoms with Crippen molar-refractivity contribution < 1.29 is 19.0 Å². The molecule has 0 saturated heterocycles. The highest BCUT2D eigenvalue weighted by Gasteiger charge is 2.19. The number of hydrogen-bond donors (Lipinski definition) is 0. The van der Waals surface area contributed by atoms with Gasteiger partial charge in [0.1, 0.15) is 11.5 Å². The van der Waals surface area contributed by atoms with Crippen LogP contribution in [0.3, 0.4) is 0 Å². The molecular weight excluding hydrogens is 580 g/mol. The lowest BCUT2D eigenvalue weighted by molar-refractivity contribution is -0.147. The SMILES string of the molecule is CCOc1cc(C)c(-c2nc3ccccc3c(=O)n2N=Cc2cc(C)n(-c3ccc(O[C@H](C)C(=O)OC)cc3)c2C)cc1C(C)C. The van der Waals surface area contributed by atoms with Crippen molar-refractivity contribution in [3.05, 3.63) is 105 Å². The van der Waals surface area contributed by atoms with Crippen molar-refractivity contribution in [3.63, 3.8) is 0 Å². The molecular formula is C37H40N4O5. The first-order valence-electron chi connectivity index (χ1n) is 15.4. The average molecular weight is 621 g/mol. The van der Waals surface area contributed by atoms with Crippen molar-refractivity contribution in [2.45, 2.75) is 60.5 Å². The molecule has 3 aromatic carbocycles. The van der Waals surface area contributed by atoms with Crippen LogP contribution in [-0.2, 0) is 9.53 Å². The summed E-state index contributed by atoms with van der Waals surface area (Å²) in [6.07, 6.45) is 0.998. The van der Waals surface area contributed by atoms with Gasteiger partial charge in [0.25, 0.3) is 5.56 Å². The monoisotopic (exact) mass is 620 g/mol. The van der Waals surface area contributed by atoms with Gasteiger partial charge in [0, 0.05) is 28.2 Å². The number of methoxy groups -OCH3 is 1. The molecule has 5 aromatic rings. The van der Waals surface area contributed by atoms with Gasteiger partial charge in [-0.3, -0.25) is 4.79 Å². The van der Waals surface area contributed by atoms with Crippen LogP contribution >= 0.6 is 0 Å². The van der Waals surface area contributed by atoms with E-state index in [4.69, 9.17) is 24.3 Å². The fourth-order valence-corrected chi connectivity index (χ4v) is 5.60. The Kier molecular flexibility index (Phi) is 9.41. The average Bonchev–Trinajstić information content (AvgIpc) is 3.32. The minimum atomic E-state index is -0.713. The number of fused-ring (bicyclic) bond motifs is 1. The molecule has 0 saturated carbocycles. The highest BCUT2D eigenvalue weighted by molar-refractivity contribution is 5.84. The molecule has 9 nitrogen and oxygen atoms in total. The summed E-state index contributed by atoms with van der Waals surface area (Å²) < 4.78 is 19.9. The van der Waals surface area contributed by atoms with E-state index in [1.807, 2.05) is 82.3 Å². The summed E-state index contributed by atoms with van der Waals surface area (Å²) in [7, 11) is 1.33. The van der Waals surface area contributed by atoms with Gasteiger partial charge < -0.3 is 18.8 Å². The lowest BCUT2D eigenvalue weighted by Crippen LogP contribution is -2.24. The Morgan fingerprint density at radius 2 is 1.72 bits per heavy atom. The van der Waals surface area contributed by atoms with E-state index in [1.54, 1.807) is 19.2 Å². The number of para-hydroxylation sites is 1. The quantitative estimate of drug-likeness (QED) is 0.122. The Balaban J connectivity index is 1.58. The number of hydrogen-bond acceptors (Lipinski definition) is 7. The van der Waals surface area contributed by atoms with E-state index in [0.29, 0.717) is 29.1 Å². The third-order valence-corrected chi connectivity index (χ3v) is 8.00. The van der Waals surface area contributed by atoms with Crippen LogP contribution in [0, 0.1) is 20.8 Å². The highest BCUT2D eigenvalue weighted by Crippen LogP contribution is 2.34. The second-order valence-electron chi connectivity index (χ2n) is 11.5. The third-order valence-electron chi connectivity index (χ3n) is 8.00. The number of aryl methyl sites for hydroxylation is 2. The van der Waals surface area contributed by atoms with Gasteiger partial charge in [0.2, 0.25) is 0 Å². The van der Waals surface area contributed by atoms with E-state index < -0.39 is 12.1 Å². The van der Waals surface area contributed by atoms with Crippen molar-refractivity contribution in [1.82, 2.24) is 14.2 Å². The van der Waals surface area contributed by atoms with E-state index in [-0.39, 0.29) is 11.5 Å². The van der Waals surface area contributed by atoms with Crippen LogP contribution in [0.4, 0.5) is 0 Å². The van der Waals surface area contributed by atoms with Crippen LogP contribution in [0.5, 0.6) is 11.5 Å². The second kappa shape index (κ2) is 13.4. The number of aromatic nitrogens is 3. The topological polar surface area (TPSA) is 96.9 Å². The Labute approximate surface area is 269 Å². The normalized spacial score (nSPS) is 12.2. The van der Waals surface area contributed by atoms with E-state index in [9.17, 15) is 9.59 Å². The van der Waals surface area contributed by atoms with Gasteiger partial charge in [-0.15, -0.1) is 0 Å². The van der Waals surface area contributed by atoms with Crippen molar-refractivity contribution in [2.24, 2.45) is 5.10 Å². The van der Waals surface area contributed by atoms with E-state index in [1.165, 1.54) is 11.8 Å². The lowest BCUT2D eigenvalue weighted by Gasteiger charge is -2.18. The molecule has 0 aliphatic rings. The molecule has 0 bridgehead atoms. The molecule has 2 aromatic heterocycles. The fourth-order valence-electron chi connectivity index (χ4n) is 5.60. The van der Waals surface area contributed by atoms with Gasteiger partial charge >= 0.3 is 5.97 Å². The molecule has 0 radical (unpaired) electrons. The number of ether oxygens (including phenoxy) is 3. The first-order valence-corrected chi connectivity index (χ1v) is 15.4. The lowest BCUT2D eigenvalue weighted by atomic mass is 9.96. The number of carbonyl (C=O) groups excluding carboxylic acids is 1. The zero-order valence-electron chi connectivity index (χ0n) is 27.6. The minimum absolute atomic E-state index is 0.201. The number of carbonyl (C=O) groups is 1. The molecule has 9 heteroatoms. The van der Waals surface area contributed by atoms with Gasteiger partial charge in [-0.2, -0.15) is 9.78 Å². The van der Waals surface area contributed by atoms with Crippen molar-refractivity contribution in [2.75, 3.05) is 13.7 Å². The van der Waals surface area contributed by atoms with E-state index in [2.05, 4.69) is 24.5 Å². The van der Waals surface area contributed by atoms with Gasteiger partial charge in [-0.05, 0) is 106 Å². The third kappa shape index (κ3) is 6.31. The molecule has 238 valence electrons. The summed E-state index contributed by atoms with van der Waals surface area (Å²) in [5, 5.41) is 5.26. The standard InChI is InChI=1S/C37H40N4O5/c1-9-45-34-18-23(4)32(20-31(34)22(2)3)35-39-33-13-11-10-12-30(33)36(42)41(35)38-21-27-19-24(5)40(25(27)6)28-14-16-29(17-15-28)46-26(7)37(43)44-8/h10-22,26H,9H2,1-8H3/t26-/m1/s1. The molecule has 2 heterocycles. The van der Waals surface area contributed by atoms with E-state index >= 15 is 0 Å². The maximum atomic E-state index is 13.9. The van der Waals surface area contributed by atoms with Crippen molar-refractivity contribution in [3.8, 4) is 28.6 Å². The molecule has 0 aliphatic carbocycles. The molecule has 0 aliphatic heterocycles. The molecule has 0 spiro atoms. The maximum absolute atomic E-state index is 13.9. The van der Waals surface area contributed by atoms with Gasteiger partial charge in [-0.1, -0.05) is 26.0 Å². The number of esters is 1.